The molecule has 0 radical (unpaired) electrons. The highest BCUT2D eigenvalue weighted by molar-refractivity contribution is 5.46. The predicted molar refractivity (Wildman–Crippen MR) is 67.8 cm³/mol. The molecule has 6 heteroatoms. The van der Waals surface area contributed by atoms with E-state index in [1.165, 1.54) is 12.8 Å². The minimum absolute atomic E-state index is 0.575. The van der Waals surface area contributed by atoms with E-state index in [4.69, 9.17) is 5.10 Å². The zero-order valence-electron chi connectivity index (χ0n) is 10.2. The number of rotatable bonds is 2. The Balaban J connectivity index is 1.74. The summed E-state index contributed by atoms with van der Waals surface area (Å²) in [4.78, 5) is 2.31. The molecule has 0 spiro atoms. The van der Waals surface area contributed by atoms with Gasteiger partial charge in [0.05, 0.1) is 0 Å². The van der Waals surface area contributed by atoms with E-state index in [0.717, 1.165) is 43.5 Å². The minimum atomic E-state index is 0.575. The molecule has 1 aliphatic heterocycles. The molecule has 1 saturated carbocycles. The molecule has 2 aromatic heterocycles. The topological polar surface area (TPSA) is 58.4 Å². The Labute approximate surface area is 105 Å². The van der Waals surface area contributed by atoms with Gasteiger partial charge in [-0.3, -0.25) is 0 Å². The number of hydrogen-bond donors (Lipinski definition) is 1. The van der Waals surface area contributed by atoms with E-state index in [-0.39, 0.29) is 0 Å². The van der Waals surface area contributed by atoms with Gasteiger partial charge in [0.15, 0.2) is 11.5 Å². The maximum absolute atomic E-state index is 4.71. The smallest absolute Gasteiger partial charge is 0.178 e. The number of nitrogens with zero attached hydrogens (tertiary/aromatic N) is 5. The van der Waals surface area contributed by atoms with Crippen LogP contribution in [0.4, 0.5) is 5.82 Å². The Morgan fingerprint density at radius 2 is 1.94 bits per heavy atom. The average Bonchev–Trinajstić information content (AvgIpc) is 3.19. The fraction of sp³-hybridized carbons (Fsp3) is 0.583. The van der Waals surface area contributed by atoms with Gasteiger partial charge in [0, 0.05) is 32.1 Å². The lowest BCUT2D eigenvalue weighted by molar-refractivity contribution is 0.581. The van der Waals surface area contributed by atoms with Gasteiger partial charge >= 0.3 is 0 Å². The molecule has 6 nitrogen and oxygen atoms in total. The maximum Gasteiger partial charge on any atom is 0.178 e. The van der Waals surface area contributed by atoms with Gasteiger partial charge in [-0.1, -0.05) is 0 Å². The maximum atomic E-state index is 4.71. The number of hydrogen-bond acceptors (Lipinski definition) is 5. The molecule has 0 amide bonds. The second kappa shape index (κ2) is 3.91. The molecule has 2 aliphatic rings. The van der Waals surface area contributed by atoms with E-state index in [1.807, 2.05) is 16.6 Å². The number of piperazine rings is 1. The van der Waals surface area contributed by atoms with E-state index in [0.29, 0.717) is 5.92 Å². The van der Waals surface area contributed by atoms with Crippen molar-refractivity contribution in [2.75, 3.05) is 31.1 Å². The first kappa shape index (κ1) is 10.3. The highest BCUT2D eigenvalue weighted by atomic mass is 15.4. The van der Waals surface area contributed by atoms with Gasteiger partial charge in [-0.15, -0.1) is 15.3 Å². The fourth-order valence-electron chi connectivity index (χ4n) is 2.45. The van der Waals surface area contributed by atoms with E-state index in [1.54, 1.807) is 0 Å². The van der Waals surface area contributed by atoms with Crippen molar-refractivity contribution < 1.29 is 0 Å². The molecular weight excluding hydrogens is 228 g/mol. The van der Waals surface area contributed by atoms with E-state index >= 15 is 0 Å². The summed E-state index contributed by atoms with van der Waals surface area (Å²) in [6.07, 6.45) is 2.45. The fourth-order valence-corrected chi connectivity index (χ4v) is 2.45. The van der Waals surface area contributed by atoms with Crippen molar-refractivity contribution in [2.45, 2.75) is 18.8 Å². The molecule has 0 aromatic carbocycles. The molecule has 3 heterocycles. The third-order valence-electron chi connectivity index (χ3n) is 3.66. The highest BCUT2D eigenvalue weighted by Gasteiger charge is 2.29. The number of fused-ring (bicyclic) bond motifs is 1. The lowest BCUT2D eigenvalue weighted by Gasteiger charge is -2.28. The molecule has 0 unspecified atom stereocenters. The van der Waals surface area contributed by atoms with Crippen LogP contribution in [0.2, 0.25) is 0 Å². The Hall–Kier alpha value is -1.69. The standard InChI is InChI=1S/C12H16N6/c1-2-9(1)12-15-14-10-3-4-11(16-18(10)12)17-7-5-13-6-8-17/h3-4,9,13H,1-2,5-8H2. The zero-order valence-corrected chi connectivity index (χ0v) is 10.2. The van der Waals surface area contributed by atoms with Crippen LogP contribution in [0.25, 0.3) is 5.65 Å². The molecule has 94 valence electrons. The zero-order chi connectivity index (χ0) is 11.9. The Morgan fingerprint density at radius 1 is 1.11 bits per heavy atom. The van der Waals surface area contributed by atoms with Crippen molar-refractivity contribution in [1.82, 2.24) is 25.1 Å². The summed E-state index contributed by atoms with van der Waals surface area (Å²) in [5.74, 6) is 2.64. The monoisotopic (exact) mass is 244 g/mol. The van der Waals surface area contributed by atoms with Crippen LogP contribution in [0.1, 0.15) is 24.6 Å². The quantitative estimate of drug-likeness (QED) is 0.829. The van der Waals surface area contributed by atoms with Crippen molar-refractivity contribution in [3.8, 4) is 0 Å². The average molecular weight is 244 g/mol. The molecule has 1 aliphatic carbocycles. The molecule has 4 rings (SSSR count). The van der Waals surface area contributed by atoms with Crippen molar-refractivity contribution >= 4 is 11.5 Å². The van der Waals surface area contributed by atoms with E-state index in [2.05, 4.69) is 20.4 Å². The first-order chi connectivity index (χ1) is 8.92. The van der Waals surface area contributed by atoms with Crippen LogP contribution in [0.15, 0.2) is 12.1 Å². The van der Waals surface area contributed by atoms with Crippen molar-refractivity contribution in [2.24, 2.45) is 0 Å². The van der Waals surface area contributed by atoms with Gasteiger partial charge in [0.25, 0.3) is 0 Å². The first-order valence-electron chi connectivity index (χ1n) is 6.60. The summed E-state index contributed by atoms with van der Waals surface area (Å²) < 4.78 is 1.93. The Kier molecular flexibility index (Phi) is 2.23. The van der Waals surface area contributed by atoms with Crippen LogP contribution in [-0.4, -0.2) is 46.0 Å². The van der Waals surface area contributed by atoms with E-state index < -0.39 is 0 Å². The van der Waals surface area contributed by atoms with Crippen LogP contribution >= 0.6 is 0 Å². The highest BCUT2D eigenvalue weighted by Crippen LogP contribution is 2.38. The van der Waals surface area contributed by atoms with Crippen LogP contribution in [0.3, 0.4) is 0 Å². The molecule has 2 aromatic rings. The lowest BCUT2D eigenvalue weighted by atomic mass is 10.3. The summed E-state index contributed by atoms with van der Waals surface area (Å²) >= 11 is 0. The first-order valence-corrected chi connectivity index (χ1v) is 6.60. The van der Waals surface area contributed by atoms with Crippen molar-refractivity contribution in [1.29, 1.82) is 0 Å². The van der Waals surface area contributed by atoms with Crippen molar-refractivity contribution in [3.05, 3.63) is 18.0 Å². The SMILES string of the molecule is c1cc2nnc(C3CC3)n2nc1N1CCNCC1. The minimum Gasteiger partial charge on any atom is -0.353 e. The van der Waals surface area contributed by atoms with Crippen LogP contribution < -0.4 is 10.2 Å². The normalized spacial score (nSPS) is 20.6. The molecule has 1 saturated heterocycles. The van der Waals surface area contributed by atoms with Crippen LogP contribution in [0.5, 0.6) is 0 Å². The van der Waals surface area contributed by atoms with Gasteiger partial charge in [-0.25, -0.2) is 0 Å². The number of aromatic nitrogens is 4. The summed E-state index contributed by atoms with van der Waals surface area (Å²) in [6.45, 7) is 4.08. The summed E-state index contributed by atoms with van der Waals surface area (Å²) in [6, 6.07) is 4.06. The van der Waals surface area contributed by atoms with Crippen LogP contribution in [-0.2, 0) is 0 Å². The lowest BCUT2D eigenvalue weighted by Crippen LogP contribution is -2.44. The molecule has 2 fully saturated rings. The molecule has 1 N–H and O–H groups in total. The molecular formula is C12H16N6. The third-order valence-corrected chi connectivity index (χ3v) is 3.66. The second-order valence-electron chi connectivity index (χ2n) is 5.03. The summed E-state index contributed by atoms with van der Waals surface area (Å²) in [5.41, 5.74) is 0.857. The summed E-state index contributed by atoms with van der Waals surface area (Å²) in [5, 5.41) is 16.5. The van der Waals surface area contributed by atoms with E-state index in [9.17, 15) is 0 Å². The van der Waals surface area contributed by atoms with Crippen LogP contribution in [0, 0.1) is 0 Å². The summed E-state index contributed by atoms with van der Waals surface area (Å²) in [7, 11) is 0. The number of anilines is 1. The number of nitrogens with one attached hydrogen (secondary N) is 1. The molecule has 18 heavy (non-hydrogen) atoms. The molecule has 0 atom stereocenters. The van der Waals surface area contributed by atoms with Crippen molar-refractivity contribution in [3.63, 3.8) is 0 Å². The van der Waals surface area contributed by atoms with Gasteiger partial charge in [0.1, 0.15) is 5.82 Å². The Morgan fingerprint density at radius 3 is 2.72 bits per heavy atom. The largest absolute Gasteiger partial charge is 0.353 e. The van der Waals surface area contributed by atoms with Gasteiger partial charge in [0.2, 0.25) is 0 Å². The second-order valence-corrected chi connectivity index (χ2v) is 5.03. The molecule has 0 bridgehead atoms. The Bertz CT molecular complexity index is 567. The van der Waals surface area contributed by atoms with Gasteiger partial charge in [-0.05, 0) is 25.0 Å². The predicted octanol–water partition coefficient (Wildman–Crippen LogP) is 0.411. The van der Waals surface area contributed by atoms with Gasteiger partial charge in [-0.2, -0.15) is 4.52 Å². The van der Waals surface area contributed by atoms with Gasteiger partial charge < -0.3 is 10.2 Å². The third kappa shape index (κ3) is 1.64.